The molecule has 0 saturated carbocycles. The minimum Gasteiger partial charge on any atom is -0.241 e. The molecule has 0 amide bonds. The molecule has 0 bridgehead atoms. The Morgan fingerprint density at radius 2 is 1.88 bits per heavy atom. The first kappa shape index (κ1) is 11.2. The molecule has 1 aromatic heterocycles. The van der Waals surface area contributed by atoms with Gasteiger partial charge in [0.1, 0.15) is 16.6 Å². The molecule has 0 unspecified atom stereocenters. The van der Waals surface area contributed by atoms with Gasteiger partial charge in [-0.1, -0.05) is 13.3 Å². The molecule has 2 rings (SSSR count). The topological polar surface area (TPSA) is 12.9 Å². The van der Waals surface area contributed by atoms with Crippen molar-refractivity contribution >= 4 is 11.3 Å². The van der Waals surface area contributed by atoms with E-state index in [4.69, 9.17) is 0 Å². The van der Waals surface area contributed by atoms with Crippen LogP contribution in [0.1, 0.15) is 19.0 Å². The number of hydrogen-bond acceptors (Lipinski definition) is 2. The first-order chi connectivity index (χ1) is 7.69. The Morgan fingerprint density at radius 1 is 1.19 bits per heavy atom. The van der Waals surface area contributed by atoms with Gasteiger partial charge in [-0.3, -0.25) is 0 Å². The van der Waals surface area contributed by atoms with E-state index >= 15 is 0 Å². The first-order valence-electron chi connectivity index (χ1n) is 5.10. The SMILES string of the molecule is CCCc1csc(-c2cc(F)cc(F)c2)n1. The predicted molar refractivity (Wildman–Crippen MR) is 61.5 cm³/mol. The second-order valence-electron chi connectivity index (χ2n) is 3.55. The molecule has 1 heterocycles. The molecule has 0 spiro atoms. The summed E-state index contributed by atoms with van der Waals surface area (Å²) in [5, 5.41) is 2.60. The molecular formula is C12H11F2NS. The van der Waals surface area contributed by atoms with Crippen LogP contribution in [0.4, 0.5) is 8.78 Å². The zero-order valence-corrected chi connectivity index (χ0v) is 9.65. The summed E-state index contributed by atoms with van der Waals surface area (Å²) >= 11 is 1.42. The fourth-order valence-corrected chi connectivity index (χ4v) is 2.33. The lowest BCUT2D eigenvalue weighted by Gasteiger charge is -1.97. The number of halogens is 2. The van der Waals surface area contributed by atoms with E-state index in [1.165, 1.54) is 23.5 Å². The van der Waals surface area contributed by atoms with Gasteiger partial charge in [0.15, 0.2) is 0 Å². The predicted octanol–water partition coefficient (Wildman–Crippen LogP) is 4.04. The van der Waals surface area contributed by atoms with Crippen molar-refractivity contribution in [2.75, 3.05) is 0 Å². The average Bonchev–Trinajstić information content (AvgIpc) is 2.65. The van der Waals surface area contributed by atoms with Crippen LogP contribution in [0.5, 0.6) is 0 Å². The van der Waals surface area contributed by atoms with E-state index in [-0.39, 0.29) is 0 Å². The quantitative estimate of drug-likeness (QED) is 0.787. The van der Waals surface area contributed by atoms with Crippen molar-refractivity contribution in [2.24, 2.45) is 0 Å². The normalized spacial score (nSPS) is 10.7. The standard InChI is InChI=1S/C12H11F2NS/c1-2-3-11-7-16-12(15-11)8-4-9(13)6-10(14)5-8/h4-7H,2-3H2,1H3. The Morgan fingerprint density at radius 3 is 2.50 bits per heavy atom. The number of aromatic nitrogens is 1. The number of rotatable bonds is 3. The molecule has 2 aromatic rings. The van der Waals surface area contributed by atoms with Crippen molar-refractivity contribution in [1.29, 1.82) is 0 Å². The number of benzene rings is 1. The highest BCUT2D eigenvalue weighted by Gasteiger charge is 2.07. The van der Waals surface area contributed by atoms with Gasteiger partial charge in [0.2, 0.25) is 0 Å². The maximum atomic E-state index is 13.0. The summed E-state index contributed by atoms with van der Waals surface area (Å²) in [4.78, 5) is 4.34. The lowest BCUT2D eigenvalue weighted by Crippen LogP contribution is -1.85. The van der Waals surface area contributed by atoms with E-state index in [0.29, 0.717) is 10.6 Å². The zero-order chi connectivity index (χ0) is 11.5. The minimum absolute atomic E-state index is 0.504. The largest absolute Gasteiger partial charge is 0.241 e. The fraction of sp³-hybridized carbons (Fsp3) is 0.250. The number of nitrogens with zero attached hydrogens (tertiary/aromatic N) is 1. The monoisotopic (exact) mass is 239 g/mol. The van der Waals surface area contributed by atoms with Crippen molar-refractivity contribution in [3.8, 4) is 10.6 Å². The van der Waals surface area contributed by atoms with Crippen LogP contribution in [-0.4, -0.2) is 4.98 Å². The van der Waals surface area contributed by atoms with Gasteiger partial charge in [-0.05, 0) is 18.6 Å². The summed E-state index contributed by atoms with van der Waals surface area (Å²) in [6.07, 6.45) is 1.91. The first-order valence-corrected chi connectivity index (χ1v) is 5.98. The van der Waals surface area contributed by atoms with Crippen LogP contribution < -0.4 is 0 Å². The van der Waals surface area contributed by atoms with Crippen molar-refractivity contribution in [2.45, 2.75) is 19.8 Å². The Kier molecular flexibility index (Phi) is 3.29. The molecule has 0 radical (unpaired) electrons. The Labute approximate surface area is 96.8 Å². The number of hydrogen-bond donors (Lipinski definition) is 0. The molecule has 0 aliphatic rings. The Bertz CT molecular complexity index is 473. The molecule has 1 nitrogen and oxygen atoms in total. The average molecular weight is 239 g/mol. The van der Waals surface area contributed by atoms with Gasteiger partial charge in [0, 0.05) is 17.0 Å². The van der Waals surface area contributed by atoms with E-state index in [0.717, 1.165) is 24.6 Å². The highest BCUT2D eigenvalue weighted by molar-refractivity contribution is 7.13. The molecule has 1 aromatic carbocycles. The maximum absolute atomic E-state index is 13.0. The summed E-state index contributed by atoms with van der Waals surface area (Å²) in [6.45, 7) is 2.07. The third-order valence-corrected chi connectivity index (χ3v) is 3.11. The molecule has 0 aliphatic carbocycles. The van der Waals surface area contributed by atoms with Gasteiger partial charge in [0.05, 0.1) is 5.69 Å². The third-order valence-electron chi connectivity index (χ3n) is 2.17. The van der Waals surface area contributed by atoms with Crippen molar-refractivity contribution < 1.29 is 8.78 Å². The number of aryl methyl sites for hydroxylation is 1. The van der Waals surface area contributed by atoms with Crippen LogP contribution >= 0.6 is 11.3 Å². The van der Waals surface area contributed by atoms with E-state index < -0.39 is 11.6 Å². The van der Waals surface area contributed by atoms with E-state index in [2.05, 4.69) is 11.9 Å². The summed E-state index contributed by atoms with van der Waals surface area (Å²) in [7, 11) is 0. The molecule has 4 heteroatoms. The summed E-state index contributed by atoms with van der Waals surface area (Å²) in [5.74, 6) is -1.13. The van der Waals surface area contributed by atoms with E-state index in [1.54, 1.807) is 0 Å². The van der Waals surface area contributed by atoms with E-state index in [1.807, 2.05) is 5.38 Å². The van der Waals surface area contributed by atoms with Gasteiger partial charge in [0.25, 0.3) is 0 Å². The van der Waals surface area contributed by atoms with E-state index in [9.17, 15) is 8.78 Å². The molecule has 0 atom stereocenters. The lowest BCUT2D eigenvalue weighted by molar-refractivity contribution is 0.584. The maximum Gasteiger partial charge on any atom is 0.126 e. The fourth-order valence-electron chi connectivity index (χ4n) is 1.49. The summed E-state index contributed by atoms with van der Waals surface area (Å²) < 4.78 is 26.0. The van der Waals surface area contributed by atoms with Gasteiger partial charge in [-0.2, -0.15) is 0 Å². The molecule has 0 saturated heterocycles. The van der Waals surface area contributed by atoms with Crippen molar-refractivity contribution in [3.05, 3.63) is 40.9 Å². The molecule has 84 valence electrons. The van der Waals surface area contributed by atoms with Crippen LogP contribution in [0.25, 0.3) is 10.6 Å². The van der Waals surface area contributed by atoms with Crippen molar-refractivity contribution in [1.82, 2.24) is 4.98 Å². The second kappa shape index (κ2) is 4.70. The van der Waals surface area contributed by atoms with Crippen LogP contribution in [0.2, 0.25) is 0 Å². The third kappa shape index (κ3) is 2.44. The molecule has 0 fully saturated rings. The molecule has 0 aliphatic heterocycles. The van der Waals surface area contributed by atoms with Gasteiger partial charge in [-0.15, -0.1) is 11.3 Å². The smallest absolute Gasteiger partial charge is 0.126 e. The molecular weight excluding hydrogens is 228 g/mol. The van der Waals surface area contributed by atoms with Crippen LogP contribution in [0.15, 0.2) is 23.6 Å². The second-order valence-corrected chi connectivity index (χ2v) is 4.41. The molecule has 0 N–H and O–H groups in total. The number of thiazole rings is 1. The zero-order valence-electron chi connectivity index (χ0n) is 8.84. The molecule has 16 heavy (non-hydrogen) atoms. The van der Waals surface area contributed by atoms with Gasteiger partial charge in [-0.25, -0.2) is 13.8 Å². The Balaban J connectivity index is 2.34. The highest BCUT2D eigenvalue weighted by atomic mass is 32.1. The summed E-state index contributed by atoms with van der Waals surface area (Å²) in [6, 6.07) is 3.47. The van der Waals surface area contributed by atoms with Gasteiger partial charge < -0.3 is 0 Å². The minimum atomic E-state index is -0.567. The lowest BCUT2D eigenvalue weighted by atomic mass is 10.2. The van der Waals surface area contributed by atoms with Crippen LogP contribution in [-0.2, 0) is 6.42 Å². The Hall–Kier alpha value is -1.29. The van der Waals surface area contributed by atoms with Gasteiger partial charge >= 0.3 is 0 Å². The van der Waals surface area contributed by atoms with Crippen molar-refractivity contribution in [3.63, 3.8) is 0 Å². The summed E-state index contributed by atoms with van der Waals surface area (Å²) in [5.41, 5.74) is 1.48. The van der Waals surface area contributed by atoms with Crippen LogP contribution in [0.3, 0.4) is 0 Å². The highest BCUT2D eigenvalue weighted by Crippen LogP contribution is 2.25. The van der Waals surface area contributed by atoms with Crippen LogP contribution in [0, 0.1) is 11.6 Å².